The molecule has 1 rings (SSSR count). The van der Waals surface area contributed by atoms with Crippen molar-refractivity contribution in [3.05, 3.63) is 24.3 Å². The Morgan fingerprint density at radius 1 is 1.17 bits per heavy atom. The summed E-state index contributed by atoms with van der Waals surface area (Å²) in [7, 11) is -2.34. The van der Waals surface area contributed by atoms with Crippen LogP contribution in [0.3, 0.4) is 0 Å². The third kappa shape index (κ3) is 6.26. The maximum Gasteiger partial charge on any atom is 0.241 e. The number of anilines is 1. The summed E-state index contributed by atoms with van der Waals surface area (Å²) in [5, 5.41) is 5.19. The standard InChI is InChI=1S/C15H23N3O5S/c1-10(9-23-4)16-15(20)11(2)18-24(21,22)14-7-5-13(6-8-14)17-12(3)19/h5-8,10-11,18H,9H2,1-4H3,(H,16,20)(H,17,19)/t10?,11-/m0/s1. The Balaban J connectivity index is 2.74. The van der Waals surface area contributed by atoms with Crippen LogP contribution in [0.25, 0.3) is 0 Å². The number of benzene rings is 1. The zero-order valence-electron chi connectivity index (χ0n) is 14.1. The minimum Gasteiger partial charge on any atom is -0.383 e. The van der Waals surface area contributed by atoms with Crippen LogP contribution in [0.4, 0.5) is 5.69 Å². The summed E-state index contributed by atoms with van der Waals surface area (Å²) in [4.78, 5) is 22.9. The Morgan fingerprint density at radius 3 is 2.25 bits per heavy atom. The van der Waals surface area contributed by atoms with Crippen LogP contribution in [-0.4, -0.2) is 46.0 Å². The van der Waals surface area contributed by atoms with E-state index in [9.17, 15) is 18.0 Å². The first-order chi connectivity index (χ1) is 11.2. The molecule has 0 heterocycles. The van der Waals surface area contributed by atoms with Gasteiger partial charge in [0, 0.05) is 25.8 Å². The highest BCUT2D eigenvalue weighted by Gasteiger charge is 2.22. The predicted octanol–water partition coefficient (Wildman–Crippen LogP) is 0.463. The van der Waals surface area contributed by atoms with E-state index < -0.39 is 22.0 Å². The lowest BCUT2D eigenvalue weighted by molar-refractivity contribution is -0.123. The quantitative estimate of drug-likeness (QED) is 0.626. The van der Waals surface area contributed by atoms with E-state index in [1.54, 1.807) is 6.92 Å². The second kappa shape index (κ2) is 8.76. The highest BCUT2D eigenvalue weighted by atomic mass is 32.2. The molecule has 0 radical (unpaired) electrons. The highest BCUT2D eigenvalue weighted by Crippen LogP contribution is 2.14. The van der Waals surface area contributed by atoms with Crippen molar-refractivity contribution in [2.24, 2.45) is 0 Å². The monoisotopic (exact) mass is 357 g/mol. The Kier molecular flexibility index (Phi) is 7.33. The molecule has 0 aliphatic carbocycles. The molecule has 0 aliphatic rings. The lowest BCUT2D eigenvalue weighted by Crippen LogP contribution is -2.48. The van der Waals surface area contributed by atoms with Crippen LogP contribution in [0.2, 0.25) is 0 Å². The average molecular weight is 357 g/mol. The molecule has 134 valence electrons. The first-order valence-corrected chi connectivity index (χ1v) is 8.83. The SMILES string of the molecule is COCC(C)NC(=O)[C@H](C)NS(=O)(=O)c1ccc(NC(C)=O)cc1. The van der Waals surface area contributed by atoms with Gasteiger partial charge in [-0.05, 0) is 38.1 Å². The van der Waals surface area contributed by atoms with Gasteiger partial charge in [-0.25, -0.2) is 8.42 Å². The van der Waals surface area contributed by atoms with Crippen LogP contribution in [-0.2, 0) is 24.3 Å². The molecule has 0 saturated carbocycles. The second-order valence-corrected chi connectivity index (χ2v) is 7.13. The molecular weight excluding hydrogens is 334 g/mol. The second-order valence-electron chi connectivity index (χ2n) is 5.41. The lowest BCUT2D eigenvalue weighted by atomic mass is 10.3. The number of carbonyl (C=O) groups excluding carboxylic acids is 2. The zero-order valence-corrected chi connectivity index (χ0v) is 14.9. The molecule has 0 aliphatic heterocycles. The van der Waals surface area contributed by atoms with E-state index >= 15 is 0 Å². The van der Waals surface area contributed by atoms with Crippen molar-refractivity contribution in [1.82, 2.24) is 10.0 Å². The van der Waals surface area contributed by atoms with Crippen molar-refractivity contribution < 1.29 is 22.7 Å². The lowest BCUT2D eigenvalue weighted by Gasteiger charge is -2.18. The van der Waals surface area contributed by atoms with Crippen LogP contribution in [0, 0.1) is 0 Å². The van der Waals surface area contributed by atoms with Crippen LogP contribution >= 0.6 is 0 Å². The van der Waals surface area contributed by atoms with Crippen molar-refractivity contribution in [2.75, 3.05) is 19.0 Å². The number of methoxy groups -OCH3 is 1. The topological polar surface area (TPSA) is 114 Å². The van der Waals surface area contributed by atoms with E-state index in [1.165, 1.54) is 45.2 Å². The van der Waals surface area contributed by atoms with Gasteiger partial charge >= 0.3 is 0 Å². The molecule has 0 aromatic heterocycles. The summed E-state index contributed by atoms with van der Waals surface area (Å²) in [6.07, 6.45) is 0. The molecule has 0 bridgehead atoms. The van der Waals surface area contributed by atoms with E-state index in [-0.39, 0.29) is 16.8 Å². The number of hydrogen-bond acceptors (Lipinski definition) is 5. The number of ether oxygens (including phenoxy) is 1. The van der Waals surface area contributed by atoms with E-state index in [0.717, 1.165) is 0 Å². The smallest absolute Gasteiger partial charge is 0.241 e. The molecular formula is C15H23N3O5S. The molecule has 1 aromatic carbocycles. The molecule has 0 saturated heterocycles. The van der Waals surface area contributed by atoms with Crippen molar-refractivity contribution in [3.8, 4) is 0 Å². The summed E-state index contributed by atoms with van der Waals surface area (Å²) in [5.41, 5.74) is 0.487. The van der Waals surface area contributed by atoms with Gasteiger partial charge in [-0.15, -0.1) is 0 Å². The summed E-state index contributed by atoms with van der Waals surface area (Å²) in [6, 6.07) is 4.48. The summed E-state index contributed by atoms with van der Waals surface area (Å²) in [5.74, 6) is -0.697. The number of sulfonamides is 1. The van der Waals surface area contributed by atoms with Crippen molar-refractivity contribution in [2.45, 2.75) is 37.8 Å². The minimum atomic E-state index is -3.85. The van der Waals surface area contributed by atoms with Crippen molar-refractivity contribution in [1.29, 1.82) is 0 Å². The molecule has 0 fully saturated rings. The zero-order chi connectivity index (χ0) is 18.3. The molecule has 3 N–H and O–H groups in total. The third-order valence-electron chi connectivity index (χ3n) is 3.02. The molecule has 9 heteroatoms. The normalized spacial score (nSPS) is 13.8. The van der Waals surface area contributed by atoms with Crippen LogP contribution in [0.5, 0.6) is 0 Å². The molecule has 1 unspecified atom stereocenters. The predicted molar refractivity (Wildman–Crippen MR) is 90.0 cm³/mol. The summed E-state index contributed by atoms with van der Waals surface area (Å²) < 4.78 is 31.8. The number of hydrogen-bond donors (Lipinski definition) is 3. The van der Waals surface area contributed by atoms with E-state index in [2.05, 4.69) is 15.4 Å². The fourth-order valence-corrected chi connectivity index (χ4v) is 3.14. The molecule has 24 heavy (non-hydrogen) atoms. The first kappa shape index (κ1) is 20.1. The average Bonchev–Trinajstić information content (AvgIpc) is 2.46. The number of amides is 2. The van der Waals surface area contributed by atoms with Crippen LogP contribution < -0.4 is 15.4 Å². The first-order valence-electron chi connectivity index (χ1n) is 7.35. The third-order valence-corrected chi connectivity index (χ3v) is 4.57. The van der Waals surface area contributed by atoms with Gasteiger partial charge in [0.25, 0.3) is 0 Å². The fourth-order valence-electron chi connectivity index (χ4n) is 1.93. The van der Waals surface area contributed by atoms with Crippen molar-refractivity contribution >= 4 is 27.5 Å². The van der Waals surface area contributed by atoms with Gasteiger partial charge in [0.1, 0.15) is 0 Å². The van der Waals surface area contributed by atoms with Crippen molar-refractivity contribution in [3.63, 3.8) is 0 Å². The van der Waals surface area contributed by atoms with Gasteiger partial charge in [0.2, 0.25) is 21.8 Å². The van der Waals surface area contributed by atoms with Gasteiger partial charge in [-0.3, -0.25) is 9.59 Å². The van der Waals surface area contributed by atoms with Gasteiger partial charge in [-0.2, -0.15) is 4.72 Å². The Morgan fingerprint density at radius 2 is 1.75 bits per heavy atom. The Labute approximate surface area is 142 Å². The van der Waals surface area contributed by atoms with Gasteiger partial charge in [0.15, 0.2) is 0 Å². The minimum absolute atomic E-state index is 0.00110. The van der Waals surface area contributed by atoms with Crippen LogP contribution in [0.1, 0.15) is 20.8 Å². The molecule has 0 spiro atoms. The number of rotatable bonds is 8. The number of carbonyl (C=O) groups is 2. The summed E-state index contributed by atoms with van der Waals surface area (Å²) in [6.45, 7) is 4.90. The molecule has 1 aromatic rings. The van der Waals surface area contributed by atoms with E-state index in [4.69, 9.17) is 4.74 Å². The van der Waals surface area contributed by atoms with Gasteiger partial charge in [-0.1, -0.05) is 0 Å². The fraction of sp³-hybridized carbons (Fsp3) is 0.467. The van der Waals surface area contributed by atoms with Crippen LogP contribution in [0.15, 0.2) is 29.2 Å². The highest BCUT2D eigenvalue weighted by molar-refractivity contribution is 7.89. The van der Waals surface area contributed by atoms with Gasteiger partial charge in [0.05, 0.1) is 17.5 Å². The van der Waals surface area contributed by atoms with E-state index in [0.29, 0.717) is 12.3 Å². The number of nitrogens with one attached hydrogen (secondary N) is 3. The largest absolute Gasteiger partial charge is 0.383 e. The Bertz CT molecular complexity index is 673. The molecule has 2 amide bonds. The molecule has 8 nitrogen and oxygen atoms in total. The summed E-state index contributed by atoms with van der Waals surface area (Å²) >= 11 is 0. The van der Waals surface area contributed by atoms with E-state index in [1.807, 2.05) is 0 Å². The maximum atomic E-state index is 12.3. The Hall–Kier alpha value is -1.97. The van der Waals surface area contributed by atoms with Gasteiger partial charge < -0.3 is 15.4 Å². The molecule has 2 atom stereocenters. The maximum absolute atomic E-state index is 12.3.